The smallest absolute Gasteiger partial charge is 0.191 e. The van der Waals surface area contributed by atoms with Gasteiger partial charge >= 0.3 is 0 Å². The fraction of sp³-hybridized carbons (Fsp3) is 0.364. The highest BCUT2D eigenvalue weighted by molar-refractivity contribution is 5.34. The summed E-state index contributed by atoms with van der Waals surface area (Å²) in [5.41, 5.74) is 0.580. The molecule has 0 bridgehead atoms. The summed E-state index contributed by atoms with van der Waals surface area (Å²) >= 11 is 0. The van der Waals surface area contributed by atoms with E-state index in [2.05, 4.69) is 0 Å². The topological polar surface area (TPSA) is 62.5 Å². The second kappa shape index (κ2) is 6.02. The Kier molecular flexibility index (Phi) is 4.61. The molecule has 0 aromatic heterocycles. The van der Waals surface area contributed by atoms with Crippen LogP contribution in [0.15, 0.2) is 24.3 Å². The molecule has 0 radical (unpaired) electrons. The molecule has 0 spiro atoms. The minimum atomic E-state index is -0.789. The first kappa shape index (κ1) is 11.5. The van der Waals surface area contributed by atoms with Crippen LogP contribution in [-0.4, -0.2) is 18.2 Å². The summed E-state index contributed by atoms with van der Waals surface area (Å²) in [4.78, 5) is 0. The molecule has 0 fully saturated rings. The van der Waals surface area contributed by atoms with Crippen LogP contribution in [-0.2, 0) is 4.74 Å². The van der Waals surface area contributed by atoms with Crippen LogP contribution in [0.3, 0.4) is 0 Å². The van der Waals surface area contributed by atoms with Crippen LogP contribution in [0, 0.1) is 11.3 Å². The van der Waals surface area contributed by atoms with Gasteiger partial charge in [0.05, 0.1) is 11.6 Å². The van der Waals surface area contributed by atoms with Gasteiger partial charge < -0.3 is 14.6 Å². The van der Waals surface area contributed by atoms with E-state index in [0.717, 1.165) is 0 Å². The third kappa shape index (κ3) is 3.98. The zero-order valence-electron chi connectivity index (χ0n) is 8.51. The Hall–Kier alpha value is -1.57. The summed E-state index contributed by atoms with van der Waals surface area (Å²) < 4.78 is 10.1. The number of hydrogen-bond donors (Lipinski definition) is 1. The second-order valence-corrected chi connectivity index (χ2v) is 2.93. The predicted octanol–water partition coefficient (Wildman–Crippen LogP) is 1.64. The van der Waals surface area contributed by atoms with Crippen LogP contribution in [0.1, 0.15) is 18.9 Å². The van der Waals surface area contributed by atoms with Gasteiger partial charge in [0.2, 0.25) is 0 Å². The first-order chi connectivity index (χ1) is 7.26. The van der Waals surface area contributed by atoms with Crippen LogP contribution in [0.2, 0.25) is 0 Å². The molecule has 0 saturated heterocycles. The van der Waals surface area contributed by atoms with Gasteiger partial charge in [-0.05, 0) is 30.7 Å². The van der Waals surface area contributed by atoms with Gasteiger partial charge in [-0.25, -0.2) is 0 Å². The third-order valence-electron chi connectivity index (χ3n) is 1.82. The Bertz CT molecular complexity index is 329. The van der Waals surface area contributed by atoms with Crippen molar-refractivity contribution in [3.63, 3.8) is 0 Å². The second-order valence-electron chi connectivity index (χ2n) is 2.93. The zero-order chi connectivity index (χ0) is 11.1. The molecule has 0 aliphatic rings. The van der Waals surface area contributed by atoms with Gasteiger partial charge in [-0.15, -0.1) is 0 Å². The number of aliphatic hydroxyl groups is 1. The van der Waals surface area contributed by atoms with Gasteiger partial charge in [0, 0.05) is 0 Å². The average Bonchev–Trinajstić information content (AvgIpc) is 2.29. The summed E-state index contributed by atoms with van der Waals surface area (Å²) in [6.45, 7) is 1.81. The monoisotopic (exact) mass is 207 g/mol. The van der Waals surface area contributed by atoms with E-state index < -0.39 is 6.29 Å². The highest BCUT2D eigenvalue weighted by Crippen LogP contribution is 2.11. The van der Waals surface area contributed by atoms with Gasteiger partial charge in [0.1, 0.15) is 5.75 Å². The largest absolute Gasteiger partial charge is 0.467 e. The van der Waals surface area contributed by atoms with Gasteiger partial charge in [-0.2, -0.15) is 5.26 Å². The number of nitriles is 1. The average molecular weight is 207 g/mol. The summed E-state index contributed by atoms with van der Waals surface area (Å²) in [5.74, 6) is 0.609. The normalized spacial score (nSPS) is 11.8. The van der Waals surface area contributed by atoms with Crippen molar-refractivity contribution >= 4 is 0 Å². The Labute approximate surface area is 88.7 Å². The Morgan fingerprint density at radius 2 is 2.07 bits per heavy atom. The Balaban J connectivity index is 2.35. The molecule has 0 heterocycles. The first-order valence-electron chi connectivity index (χ1n) is 4.69. The highest BCUT2D eigenvalue weighted by atomic mass is 16.7. The third-order valence-corrected chi connectivity index (χ3v) is 1.82. The van der Waals surface area contributed by atoms with E-state index in [1.165, 1.54) is 0 Å². The van der Waals surface area contributed by atoms with Crippen molar-refractivity contribution in [2.24, 2.45) is 0 Å². The van der Waals surface area contributed by atoms with Crippen LogP contribution < -0.4 is 4.74 Å². The fourth-order valence-corrected chi connectivity index (χ4v) is 0.924. The molecule has 1 atom stereocenters. The number of ether oxygens (including phenoxy) is 2. The number of hydrogen-bond acceptors (Lipinski definition) is 4. The minimum absolute atomic E-state index is 0.000900. The van der Waals surface area contributed by atoms with Crippen molar-refractivity contribution in [2.75, 3.05) is 6.79 Å². The molecule has 1 unspecified atom stereocenters. The minimum Gasteiger partial charge on any atom is -0.467 e. The molecule has 0 amide bonds. The Morgan fingerprint density at radius 1 is 1.40 bits per heavy atom. The molecule has 4 heteroatoms. The number of nitrogens with zero attached hydrogens (tertiary/aromatic N) is 1. The van der Waals surface area contributed by atoms with E-state index in [9.17, 15) is 0 Å². The van der Waals surface area contributed by atoms with E-state index in [1.807, 2.05) is 13.0 Å². The van der Waals surface area contributed by atoms with E-state index in [0.29, 0.717) is 17.7 Å². The SMILES string of the molecule is CCC(O)OCOc1ccc(C#N)cc1. The molecular weight excluding hydrogens is 194 g/mol. The fourth-order valence-electron chi connectivity index (χ4n) is 0.924. The van der Waals surface area contributed by atoms with Gasteiger partial charge in [0.15, 0.2) is 13.1 Å². The van der Waals surface area contributed by atoms with Gasteiger partial charge in [-0.1, -0.05) is 6.92 Å². The molecule has 1 rings (SSSR count). The molecule has 80 valence electrons. The molecule has 1 aromatic rings. The summed E-state index contributed by atoms with van der Waals surface area (Å²) in [6.07, 6.45) is -0.264. The lowest BCUT2D eigenvalue weighted by molar-refractivity contribution is -0.143. The van der Waals surface area contributed by atoms with Gasteiger partial charge in [0.25, 0.3) is 0 Å². The number of aliphatic hydroxyl groups excluding tert-OH is 1. The standard InChI is InChI=1S/C11H13NO3/c1-2-11(13)15-8-14-10-5-3-9(7-12)4-6-10/h3-6,11,13H,2,8H2,1H3. The molecule has 1 aromatic carbocycles. The molecular formula is C11H13NO3. The van der Waals surface area contributed by atoms with E-state index >= 15 is 0 Å². The molecule has 15 heavy (non-hydrogen) atoms. The van der Waals surface area contributed by atoms with Crippen LogP contribution in [0.25, 0.3) is 0 Å². The lowest BCUT2D eigenvalue weighted by Crippen LogP contribution is -2.14. The molecule has 0 aliphatic carbocycles. The number of rotatable bonds is 5. The predicted molar refractivity (Wildman–Crippen MR) is 54.0 cm³/mol. The Morgan fingerprint density at radius 3 is 2.60 bits per heavy atom. The van der Waals surface area contributed by atoms with Crippen molar-refractivity contribution in [1.29, 1.82) is 5.26 Å². The quantitative estimate of drug-likeness (QED) is 0.745. The molecule has 4 nitrogen and oxygen atoms in total. The maximum atomic E-state index is 9.07. The van der Waals surface area contributed by atoms with Crippen LogP contribution in [0.4, 0.5) is 0 Å². The van der Waals surface area contributed by atoms with Crippen molar-refractivity contribution in [3.05, 3.63) is 29.8 Å². The van der Waals surface area contributed by atoms with Crippen LogP contribution >= 0.6 is 0 Å². The van der Waals surface area contributed by atoms with E-state index in [-0.39, 0.29) is 6.79 Å². The summed E-state index contributed by atoms with van der Waals surface area (Å²) in [7, 11) is 0. The van der Waals surface area contributed by atoms with Gasteiger partial charge in [-0.3, -0.25) is 0 Å². The maximum Gasteiger partial charge on any atom is 0.191 e. The van der Waals surface area contributed by atoms with Crippen molar-refractivity contribution < 1.29 is 14.6 Å². The number of benzene rings is 1. The highest BCUT2D eigenvalue weighted by Gasteiger charge is 2.00. The van der Waals surface area contributed by atoms with Crippen molar-refractivity contribution in [2.45, 2.75) is 19.6 Å². The van der Waals surface area contributed by atoms with E-state index in [1.54, 1.807) is 24.3 Å². The maximum absolute atomic E-state index is 9.07. The first-order valence-corrected chi connectivity index (χ1v) is 4.69. The van der Waals surface area contributed by atoms with Crippen LogP contribution in [0.5, 0.6) is 5.75 Å². The summed E-state index contributed by atoms with van der Waals surface area (Å²) in [6, 6.07) is 8.69. The lowest BCUT2D eigenvalue weighted by Gasteiger charge is -2.10. The van der Waals surface area contributed by atoms with Crippen molar-refractivity contribution in [1.82, 2.24) is 0 Å². The summed E-state index contributed by atoms with van der Waals surface area (Å²) in [5, 5.41) is 17.6. The lowest BCUT2D eigenvalue weighted by atomic mass is 10.2. The molecule has 0 aliphatic heterocycles. The van der Waals surface area contributed by atoms with Crippen molar-refractivity contribution in [3.8, 4) is 11.8 Å². The zero-order valence-corrected chi connectivity index (χ0v) is 8.51. The molecule has 0 saturated carbocycles. The van der Waals surface area contributed by atoms with E-state index in [4.69, 9.17) is 19.8 Å². The molecule has 1 N–H and O–H groups in total.